The molecule has 5 nitrogen and oxygen atoms in total. The van der Waals surface area contributed by atoms with Gasteiger partial charge in [-0.25, -0.2) is 0 Å². The van der Waals surface area contributed by atoms with Crippen molar-refractivity contribution in [2.24, 2.45) is 0 Å². The fourth-order valence-corrected chi connectivity index (χ4v) is 2.09. The molecule has 1 saturated heterocycles. The standard InChI is InChI=1S/C8H9NO4S2/c1-2-13-4-5-7(12)9(3-6(10)11)8(14)15-5/h4H,2-3H2,1H3,(H,10,11). The van der Waals surface area contributed by atoms with Gasteiger partial charge in [0.15, 0.2) is 0 Å². The van der Waals surface area contributed by atoms with E-state index in [1.54, 1.807) is 6.92 Å². The Bertz CT molecular complexity index is 340. The van der Waals surface area contributed by atoms with Crippen molar-refractivity contribution in [3.63, 3.8) is 0 Å². The van der Waals surface area contributed by atoms with Crippen LogP contribution in [-0.2, 0) is 14.3 Å². The van der Waals surface area contributed by atoms with Crippen molar-refractivity contribution in [2.75, 3.05) is 13.2 Å². The molecule has 15 heavy (non-hydrogen) atoms. The van der Waals surface area contributed by atoms with Gasteiger partial charge in [0.1, 0.15) is 22.0 Å². The summed E-state index contributed by atoms with van der Waals surface area (Å²) in [5.74, 6) is -1.51. The Labute approximate surface area is 96.1 Å². The summed E-state index contributed by atoms with van der Waals surface area (Å²) in [4.78, 5) is 23.4. The highest BCUT2D eigenvalue weighted by Crippen LogP contribution is 2.30. The maximum atomic E-state index is 11.6. The molecule has 0 radical (unpaired) electrons. The molecule has 1 rings (SSSR count). The van der Waals surface area contributed by atoms with E-state index in [0.717, 1.165) is 16.7 Å². The SMILES string of the molecule is CCOC=C1SC(=S)N(CC(=O)O)C1=O. The summed E-state index contributed by atoms with van der Waals surface area (Å²) in [5.41, 5.74) is 0. The molecule has 7 heteroatoms. The Hall–Kier alpha value is -1.08. The average Bonchev–Trinajstić information content (AvgIpc) is 2.42. The number of carbonyl (C=O) groups is 2. The highest BCUT2D eigenvalue weighted by atomic mass is 32.2. The number of nitrogens with zero attached hydrogens (tertiary/aromatic N) is 1. The van der Waals surface area contributed by atoms with Gasteiger partial charge in [0, 0.05) is 0 Å². The summed E-state index contributed by atoms with van der Waals surface area (Å²) < 4.78 is 5.20. The molecule has 0 aromatic rings. The summed E-state index contributed by atoms with van der Waals surface area (Å²) in [7, 11) is 0. The predicted molar refractivity (Wildman–Crippen MR) is 59.2 cm³/mol. The molecule has 0 aliphatic carbocycles. The zero-order valence-corrected chi connectivity index (χ0v) is 9.56. The van der Waals surface area contributed by atoms with E-state index in [0.29, 0.717) is 11.5 Å². The van der Waals surface area contributed by atoms with E-state index in [2.05, 4.69) is 0 Å². The summed E-state index contributed by atoms with van der Waals surface area (Å²) in [6, 6.07) is 0. The summed E-state index contributed by atoms with van der Waals surface area (Å²) in [5, 5.41) is 8.56. The molecule has 1 fully saturated rings. The minimum atomic E-state index is -1.09. The number of ether oxygens (including phenoxy) is 1. The van der Waals surface area contributed by atoms with Gasteiger partial charge in [0.05, 0.1) is 6.61 Å². The molecular weight excluding hydrogens is 238 g/mol. The number of thiocarbonyl (C=S) groups is 1. The Kier molecular flexibility index (Phi) is 4.10. The van der Waals surface area contributed by atoms with Crippen LogP contribution in [-0.4, -0.2) is 39.4 Å². The molecule has 0 aromatic carbocycles. The largest absolute Gasteiger partial charge is 0.500 e. The maximum absolute atomic E-state index is 11.6. The second-order valence-electron chi connectivity index (χ2n) is 2.59. The minimum absolute atomic E-state index is 0.244. The van der Waals surface area contributed by atoms with Crippen molar-refractivity contribution in [3.8, 4) is 0 Å². The Morgan fingerprint density at radius 2 is 2.40 bits per heavy atom. The molecule has 1 heterocycles. The summed E-state index contributed by atoms with van der Waals surface area (Å²) >= 11 is 5.92. The highest BCUT2D eigenvalue weighted by molar-refractivity contribution is 8.26. The number of carboxylic acid groups (broad SMARTS) is 1. The fourth-order valence-electron chi connectivity index (χ4n) is 0.914. The van der Waals surface area contributed by atoms with Crippen molar-refractivity contribution in [1.82, 2.24) is 4.90 Å². The maximum Gasteiger partial charge on any atom is 0.323 e. The van der Waals surface area contributed by atoms with Gasteiger partial charge in [-0.15, -0.1) is 0 Å². The topological polar surface area (TPSA) is 66.8 Å². The van der Waals surface area contributed by atoms with E-state index in [1.165, 1.54) is 6.26 Å². The lowest BCUT2D eigenvalue weighted by molar-refractivity contribution is -0.140. The number of aliphatic carboxylic acids is 1. The average molecular weight is 247 g/mol. The van der Waals surface area contributed by atoms with Crippen LogP contribution in [0.2, 0.25) is 0 Å². The van der Waals surface area contributed by atoms with Crippen LogP contribution in [0.3, 0.4) is 0 Å². The Balaban J connectivity index is 2.74. The minimum Gasteiger partial charge on any atom is -0.500 e. The first kappa shape index (κ1) is 12.0. The molecule has 1 aliphatic rings. The first-order chi connectivity index (χ1) is 7.06. The number of carboxylic acids is 1. The van der Waals surface area contributed by atoms with Crippen molar-refractivity contribution >= 4 is 40.2 Å². The Morgan fingerprint density at radius 3 is 2.93 bits per heavy atom. The van der Waals surface area contributed by atoms with E-state index in [-0.39, 0.29) is 4.32 Å². The predicted octanol–water partition coefficient (Wildman–Crippen LogP) is 0.809. The molecule has 0 unspecified atom stereocenters. The van der Waals surface area contributed by atoms with Crippen molar-refractivity contribution in [3.05, 3.63) is 11.2 Å². The van der Waals surface area contributed by atoms with Crippen LogP contribution in [0.4, 0.5) is 0 Å². The van der Waals surface area contributed by atoms with E-state index in [9.17, 15) is 9.59 Å². The summed E-state index contributed by atoms with van der Waals surface area (Å²) in [6.45, 7) is 1.83. The smallest absolute Gasteiger partial charge is 0.323 e. The molecule has 0 saturated carbocycles. The molecule has 1 aliphatic heterocycles. The van der Waals surface area contributed by atoms with Crippen molar-refractivity contribution in [1.29, 1.82) is 0 Å². The number of hydrogen-bond donors (Lipinski definition) is 1. The second-order valence-corrected chi connectivity index (χ2v) is 4.27. The number of rotatable bonds is 4. The van der Waals surface area contributed by atoms with Gasteiger partial charge in [0.25, 0.3) is 5.91 Å². The van der Waals surface area contributed by atoms with Gasteiger partial charge < -0.3 is 9.84 Å². The third kappa shape index (κ3) is 2.93. The molecule has 0 bridgehead atoms. The number of amides is 1. The third-order valence-electron chi connectivity index (χ3n) is 1.52. The second kappa shape index (κ2) is 5.13. The van der Waals surface area contributed by atoms with Crippen LogP contribution in [0.1, 0.15) is 6.92 Å². The highest BCUT2D eigenvalue weighted by Gasteiger charge is 2.33. The van der Waals surface area contributed by atoms with E-state index in [4.69, 9.17) is 22.1 Å². The van der Waals surface area contributed by atoms with Crippen LogP contribution in [0.25, 0.3) is 0 Å². The van der Waals surface area contributed by atoms with Gasteiger partial charge in [-0.05, 0) is 6.92 Å². The number of thioether (sulfide) groups is 1. The molecule has 82 valence electrons. The Morgan fingerprint density at radius 1 is 1.73 bits per heavy atom. The lowest BCUT2D eigenvalue weighted by Gasteiger charge is -2.09. The van der Waals surface area contributed by atoms with Gasteiger partial charge in [0.2, 0.25) is 0 Å². The third-order valence-corrected chi connectivity index (χ3v) is 2.88. The first-order valence-electron chi connectivity index (χ1n) is 4.13. The fraction of sp³-hybridized carbons (Fsp3) is 0.375. The van der Waals surface area contributed by atoms with E-state index in [1.807, 2.05) is 0 Å². The lowest BCUT2D eigenvalue weighted by atomic mass is 10.5. The molecule has 0 spiro atoms. The summed E-state index contributed by atoms with van der Waals surface area (Å²) in [6.07, 6.45) is 1.31. The van der Waals surface area contributed by atoms with Gasteiger partial charge >= 0.3 is 5.97 Å². The number of hydrogen-bond acceptors (Lipinski definition) is 5. The van der Waals surface area contributed by atoms with Crippen LogP contribution < -0.4 is 0 Å². The monoisotopic (exact) mass is 247 g/mol. The molecule has 0 atom stereocenters. The lowest BCUT2D eigenvalue weighted by Crippen LogP contribution is -2.33. The van der Waals surface area contributed by atoms with Crippen molar-refractivity contribution < 1.29 is 19.4 Å². The van der Waals surface area contributed by atoms with E-state index < -0.39 is 18.4 Å². The van der Waals surface area contributed by atoms with Crippen LogP contribution in [0, 0.1) is 0 Å². The zero-order chi connectivity index (χ0) is 11.4. The van der Waals surface area contributed by atoms with Crippen LogP contribution >= 0.6 is 24.0 Å². The van der Waals surface area contributed by atoms with Gasteiger partial charge in [-0.3, -0.25) is 14.5 Å². The first-order valence-corrected chi connectivity index (χ1v) is 5.36. The number of carbonyl (C=O) groups excluding carboxylic acids is 1. The molecule has 1 N–H and O–H groups in total. The van der Waals surface area contributed by atoms with Gasteiger partial charge in [-0.1, -0.05) is 24.0 Å². The molecular formula is C8H9NO4S2. The van der Waals surface area contributed by atoms with E-state index >= 15 is 0 Å². The van der Waals surface area contributed by atoms with Gasteiger partial charge in [-0.2, -0.15) is 0 Å². The van der Waals surface area contributed by atoms with Crippen LogP contribution in [0.5, 0.6) is 0 Å². The zero-order valence-electron chi connectivity index (χ0n) is 7.93. The molecule has 0 aromatic heterocycles. The van der Waals surface area contributed by atoms with Crippen molar-refractivity contribution in [2.45, 2.75) is 6.92 Å². The van der Waals surface area contributed by atoms with Crippen LogP contribution in [0.15, 0.2) is 11.2 Å². The molecule has 1 amide bonds. The quantitative estimate of drug-likeness (QED) is 0.450. The normalized spacial score (nSPS) is 18.7.